The molecule has 1 aliphatic carbocycles. The van der Waals surface area contributed by atoms with Crippen molar-refractivity contribution in [2.24, 2.45) is 5.92 Å². The van der Waals surface area contributed by atoms with Gasteiger partial charge < -0.3 is 9.84 Å². The Balaban J connectivity index is 1.80. The first-order chi connectivity index (χ1) is 12.8. The van der Waals surface area contributed by atoms with Crippen LogP contribution in [0.1, 0.15) is 69.1 Å². The van der Waals surface area contributed by atoms with Crippen molar-refractivity contribution in [3.05, 3.63) is 46.7 Å². The van der Waals surface area contributed by atoms with Crippen molar-refractivity contribution in [1.82, 2.24) is 0 Å². The van der Waals surface area contributed by atoms with Crippen molar-refractivity contribution in [1.29, 1.82) is 5.26 Å². The molecule has 1 saturated carbocycles. The summed E-state index contributed by atoms with van der Waals surface area (Å²) in [4.78, 5) is 12.0. The van der Waals surface area contributed by atoms with Crippen LogP contribution in [0, 0.1) is 24.2 Å². The molecule has 27 heavy (non-hydrogen) atoms. The number of carbonyl (C=O) groups excluding carboxylic acids is 1. The minimum absolute atomic E-state index is 0.139. The topological polar surface area (TPSA) is 70.3 Å². The highest BCUT2D eigenvalue weighted by Gasteiger charge is 2.45. The minimum Gasteiger partial charge on any atom is -0.512 e. The normalized spacial score (nSPS) is 23.6. The number of rotatable bonds is 5. The van der Waals surface area contributed by atoms with Gasteiger partial charge in [-0.05, 0) is 69.1 Å². The molecule has 0 bridgehead atoms. The van der Waals surface area contributed by atoms with E-state index in [-0.39, 0.29) is 5.76 Å². The largest absolute Gasteiger partial charge is 0.512 e. The van der Waals surface area contributed by atoms with Gasteiger partial charge in [-0.25, -0.2) is 4.79 Å². The Kier molecular flexibility index (Phi) is 5.33. The predicted molar refractivity (Wildman–Crippen MR) is 104 cm³/mol. The van der Waals surface area contributed by atoms with E-state index >= 15 is 0 Å². The second-order valence-electron chi connectivity index (χ2n) is 8.67. The lowest BCUT2D eigenvalue weighted by Gasteiger charge is -2.40. The van der Waals surface area contributed by atoms with Crippen molar-refractivity contribution < 1.29 is 14.6 Å². The molecule has 1 aromatic carbocycles. The van der Waals surface area contributed by atoms with Gasteiger partial charge in [0.05, 0.1) is 17.6 Å². The fraction of sp³-hybridized carbons (Fsp3) is 0.565. The molecule has 1 N–H and O–H groups in total. The molecular formula is C23H29NO3. The molecule has 0 aromatic heterocycles. The SMILES string of the molecule is Cc1cc(CCC2(C3CCCC3)CC(O)=CC(=O)O2)ccc1C(C)(C)C#N. The Hall–Kier alpha value is -2.28. The molecule has 1 fully saturated rings. The summed E-state index contributed by atoms with van der Waals surface area (Å²) < 4.78 is 5.86. The van der Waals surface area contributed by atoms with Crippen LogP contribution in [0.4, 0.5) is 0 Å². The highest BCUT2D eigenvalue weighted by atomic mass is 16.6. The number of aryl methyl sites for hydroxylation is 2. The number of nitrogens with zero attached hydrogens (tertiary/aromatic N) is 1. The van der Waals surface area contributed by atoms with E-state index in [1.165, 1.54) is 11.6 Å². The summed E-state index contributed by atoms with van der Waals surface area (Å²) in [5.74, 6) is 0.0311. The third-order valence-electron chi connectivity index (χ3n) is 6.25. The number of ether oxygens (including phenoxy) is 1. The van der Waals surface area contributed by atoms with Crippen LogP contribution >= 0.6 is 0 Å². The van der Waals surface area contributed by atoms with E-state index in [1.807, 2.05) is 26.8 Å². The van der Waals surface area contributed by atoms with Gasteiger partial charge in [0.15, 0.2) is 0 Å². The van der Waals surface area contributed by atoms with Crippen LogP contribution in [0.25, 0.3) is 0 Å². The Morgan fingerprint density at radius 1 is 1.33 bits per heavy atom. The Morgan fingerprint density at radius 3 is 2.63 bits per heavy atom. The zero-order chi connectivity index (χ0) is 19.7. The van der Waals surface area contributed by atoms with Gasteiger partial charge in [0.1, 0.15) is 11.4 Å². The Morgan fingerprint density at radius 2 is 2.04 bits per heavy atom. The summed E-state index contributed by atoms with van der Waals surface area (Å²) in [5, 5.41) is 19.5. The molecule has 4 heteroatoms. The van der Waals surface area contributed by atoms with E-state index in [1.54, 1.807) is 0 Å². The average Bonchev–Trinajstić information content (AvgIpc) is 3.14. The van der Waals surface area contributed by atoms with Crippen molar-refractivity contribution in [3.8, 4) is 6.07 Å². The van der Waals surface area contributed by atoms with Crippen LogP contribution in [-0.2, 0) is 21.4 Å². The maximum Gasteiger partial charge on any atom is 0.334 e. The first kappa shape index (κ1) is 19.5. The predicted octanol–water partition coefficient (Wildman–Crippen LogP) is 5.05. The molecule has 1 aliphatic heterocycles. The van der Waals surface area contributed by atoms with Gasteiger partial charge in [-0.1, -0.05) is 31.0 Å². The summed E-state index contributed by atoms with van der Waals surface area (Å²) in [6.45, 7) is 5.90. The number of hydrogen-bond acceptors (Lipinski definition) is 4. The van der Waals surface area contributed by atoms with Gasteiger partial charge >= 0.3 is 5.97 Å². The fourth-order valence-electron chi connectivity index (χ4n) is 4.78. The van der Waals surface area contributed by atoms with Gasteiger partial charge in [-0.2, -0.15) is 5.26 Å². The summed E-state index contributed by atoms with van der Waals surface area (Å²) in [6, 6.07) is 8.61. The third-order valence-corrected chi connectivity index (χ3v) is 6.25. The van der Waals surface area contributed by atoms with Crippen molar-refractivity contribution in [2.75, 3.05) is 0 Å². The van der Waals surface area contributed by atoms with E-state index in [0.717, 1.165) is 43.2 Å². The van der Waals surface area contributed by atoms with Gasteiger partial charge in [0.25, 0.3) is 0 Å². The smallest absolute Gasteiger partial charge is 0.334 e. The lowest BCUT2D eigenvalue weighted by atomic mass is 9.77. The lowest BCUT2D eigenvalue weighted by Crippen LogP contribution is -2.44. The molecule has 1 unspecified atom stereocenters. The number of cyclic esters (lactones) is 1. The molecule has 1 heterocycles. The van der Waals surface area contributed by atoms with Crippen LogP contribution in [0.2, 0.25) is 0 Å². The number of aliphatic hydroxyl groups excluding tert-OH is 1. The van der Waals surface area contributed by atoms with Crippen molar-refractivity contribution in [2.45, 2.75) is 76.7 Å². The zero-order valence-corrected chi connectivity index (χ0v) is 16.5. The monoisotopic (exact) mass is 367 g/mol. The van der Waals surface area contributed by atoms with Crippen LogP contribution in [0.15, 0.2) is 30.0 Å². The molecule has 144 valence electrons. The first-order valence-corrected chi connectivity index (χ1v) is 9.89. The van der Waals surface area contributed by atoms with Crippen LogP contribution in [0.5, 0.6) is 0 Å². The molecule has 1 atom stereocenters. The third kappa shape index (κ3) is 4.03. The van der Waals surface area contributed by atoms with Crippen LogP contribution in [-0.4, -0.2) is 16.7 Å². The number of aliphatic hydroxyl groups is 1. The standard InChI is InChI=1S/C23H29NO3/c1-16-12-17(8-9-20(16)22(2,3)15-24)10-11-23(18-6-4-5-7-18)14-19(25)13-21(26)27-23/h8-9,12-13,18,25H,4-7,10-11,14H2,1-3H3. The highest BCUT2D eigenvalue weighted by Crippen LogP contribution is 2.44. The summed E-state index contributed by atoms with van der Waals surface area (Å²) >= 11 is 0. The number of nitriles is 1. The molecular weight excluding hydrogens is 338 g/mol. The molecule has 0 radical (unpaired) electrons. The van der Waals surface area contributed by atoms with Crippen LogP contribution < -0.4 is 0 Å². The van der Waals surface area contributed by atoms with Gasteiger partial charge in [0.2, 0.25) is 0 Å². The molecule has 4 nitrogen and oxygen atoms in total. The number of esters is 1. The molecule has 2 aliphatic rings. The van der Waals surface area contributed by atoms with Gasteiger partial charge in [0, 0.05) is 6.42 Å². The summed E-state index contributed by atoms with van der Waals surface area (Å²) in [6.07, 6.45) is 7.53. The first-order valence-electron chi connectivity index (χ1n) is 9.89. The van der Waals surface area contributed by atoms with E-state index in [4.69, 9.17) is 4.74 Å². The summed E-state index contributed by atoms with van der Waals surface area (Å²) in [5.41, 5.74) is 2.22. The molecule has 0 amide bonds. The van der Waals surface area contributed by atoms with Gasteiger partial charge in [-0.15, -0.1) is 0 Å². The minimum atomic E-state index is -0.592. The maximum absolute atomic E-state index is 12.0. The zero-order valence-electron chi connectivity index (χ0n) is 16.5. The molecule has 1 aromatic rings. The quantitative estimate of drug-likeness (QED) is 0.740. The molecule has 0 saturated heterocycles. The number of carbonyl (C=O) groups is 1. The second-order valence-corrected chi connectivity index (χ2v) is 8.67. The lowest BCUT2D eigenvalue weighted by molar-refractivity contribution is -0.165. The average molecular weight is 367 g/mol. The molecule has 3 rings (SSSR count). The maximum atomic E-state index is 12.0. The van der Waals surface area contributed by atoms with Crippen LogP contribution in [0.3, 0.4) is 0 Å². The number of benzene rings is 1. The Labute approximate surface area is 161 Å². The van der Waals surface area contributed by atoms with E-state index in [9.17, 15) is 15.2 Å². The second kappa shape index (κ2) is 7.38. The van der Waals surface area contributed by atoms with E-state index < -0.39 is 17.0 Å². The van der Waals surface area contributed by atoms with E-state index in [0.29, 0.717) is 18.8 Å². The summed E-state index contributed by atoms with van der Waals surface area (Å²) in [7, 11) is 0. The van der Waals surface area contributed by atoms with E-state index in [2.05, 4.69) is 18.2 Å². The van der Waals surface area contributed by atoms with Gasteiger partial charge in [-0.3, -0.25) is 0 Å². The number of hydrogen-bond donors (Lipinski definition) is 1. The highest BCUT2D eigenvalue weighted by molar-refractivity contribution is 5.83. The Bertz CT molecular complexity index is 796. The fourth-order valence-corrected chi connectivity index (χ4v) is 4.78. The van der Waals surface area contributed by atoms with Crippen molar-refractivity contribution >= 4 is 5.97 Å². The molecule has 0 spiro atoms. The van der Waals surface area contributed by atoms with Crippen molar-refractivity contribution in [3.63, 3.8) is 0 Å².